The summed E-state index contributed by atoms with van der Waals surface area (Å²) < 4.78 is 11.8. The molecule has 0 heterocycles. The summed E-state index contributed by atoms with van der Waals surface area (Å²) in [6.07, 6.45) is 1.95. The van der Waals surface area contributed by atoms with Gasteiger partial charge in [0.15, 0.2) is 23.4 Å². The number of benzene rings is 2. The Bertz CT molecular complexity index is 662. The zero-order chi connectivity index (χ0) is 16.7. The van der Waals surface area contributed by atoms with Crippen LogP contribution in [0.1, 0.15) is 25.0 Å². The topological polar surface area (TPSA) is 35.5 Å². The van der Waals surface area contributed by atoms with Gasteiger partial charge in [0.05, 0.1) is 0 Å². The summed E-state index contributed by atoms with van der Waals surface area (Å²) >= 11 is 0. The van der Waals surface area contributed by atoms with Crippen molar-refractivity contribution in [2.45, 2.75) is 33.0 Å². The monoisotopic (exact) mass is 310 g/mol. The third-order valence-corrected chi connectivity index (χ3v) is 3.53. The van der Waals surface area contributed by atoms with E-state index in [9.17, 15) is 4.79 Å². The normalized spacial score (nSPS) is 11.6. The van der Waals surface area contributed by atoms with Gasteiger partial charge in [-0.3, -0.25) is 4.79 Å². The Morgan fingerprint density at radius 3 is 2.57 bits per heavy atom. The van der Waals surface area contributed by atoms with Crippen molar-refractivity contribution in [3.05, 3.63) is 72.3 Å². The molecule has 120 valence electrons. The van der Waals surface area contributed by atoms with Gasteiger partial charge >= 0.3 is 0 Å². The van der Waals surface area contributed by atoms with Crippen LogP contribution in [0.3, 0.4) is 0 Å². The van der Waals surface area contributed by atoms with E-state index in [1.54, 1.807) is 6.92 Å². The van der Waals surface area contributed by atoms with Crippen molar-refractivity contribution in [2.75, 3.05) is 0 Å². The van der Waals surface area contributed by atoms with Crippen molar-refractivity contribution in [3.8, 4) is 11.5 Å². The Morgan fingerprint density at radius 2 is 1.91 bits per heavy atom. The Hall–Kier alpha value is -2.55. The number of Topliss-reactive ketones (excluding diaryl/α,β-unsaturated/α-hetero) is 1. The van der Waals surface area contributed by atoms with Gasteiger partial charge in [-0.25, -0.2) is 0 Å². The predicted molar refractivity (Wildman–Crippen MR) is 91.9 cm³/mol. The Morgan fingerprint density at radius 1 is 1.17 bits per heavy atom. The van der Waals surface area contributed by atoms with Gasteiger partial charge in [0.2, 0.25) is 0 Å². The number of ketones is 1. The number of rotatable bonds is 8. The number of carbonyl (C=O) groups excluding carboxylic acids is 1. The average Bonchev–Trinajstić information content (AvgIpc) is 2.56. The van der Waals surface area contributed by atoms with E-state index >= 15 is 0 Å². The lowest BCUT2D eigenvalue weighted by Crippen LogP contribution is -2.21. The molecule has 2 rings (SSSR count). The molecule has 0 aliphatic heterocycles. The number of hydrogen-bond donors (Lipinski definition) is 0. The van der Waals surface area contributed by atoms with Crippen LogP contribution in [0.5, 0.6) is 11.5 Å². The third kappa shape index (κ3) is 4.71. The van der Waals surface area contributed by atoms with Crippen LogP contribution in [0.2, 0.25) is 0 Å². The summed E-state index contributed by atoms with van der Waals surface area (Å²) in [6, 6.07) is 15.7. The van der Waals surface area contributed by atoms with Gasteiger partial charge in [-0.1, -0.05) is 48.5 Å². The molecule has 1 atom stereocenters. The van der Waals surface area contributed by atoms with E-state index in [1.165, 1.54) is 6.92 Å². The van der Waals surface area contributed by atoms with Crippen LogP contribution in [0.4, 0.5) is 0 Å². The van der Waals surface area contributed by atoms with Crippen LogP contribution in [-0.2, 0) is 17.8 Å². The van der Waals surface area contributed by atoms with Crippen LogP contribution in [0, 0.1) is 0 Å². The minimum absolute atomic E-state index is 0.0209. The Balaban J connectivity index is 2.24. The van der Waals surface area contributed by atoms with E-state index in [0.29, 0.717) is 24.5 Å². The van der Waals surface area contributed by atoms with E-state index in [-0.39, 0.29) is 5.78 Å². The van der Waals surface area contributed by atoms with Crippen LogP contribution in [-0.4, -0.2) is 11.9 Å². The minimum atomic E-state index is -0.514. The highest BCUT2D eigenvalue weighted by Gasteiger charge is 2.16. The molecule has 0 aliphatic carbocycles. The first kappa shape index (κ1) is 16.8. The predicted octanol–water partition coefficient (Wildman–Crippen LogP) is 4.35. The van der Waals surface area contributed by atoms with Gasteiger partial charge in [-0.2, -0.15) is 0 Å². The van der Waals surface area contributed by atoms with Crippen molar-refractivity contribution >= 4 is 5.78 Å². The molecular weight excluding hydrogens is 288 g/mol. The maximum Gasteiger partial charge on any atom is 0.169 e. The fourth-order valence-corrected chi connectivity index (χ4v) is 2.12. The zero-order valence-corrected chi connectivity index (χ0v) is 13.6. The third-order valence-electron chi connectivity index (χ3n) is 3.53. The van der Waals surface area contributed by atoms with Gasteiger partial charge in [0, 0.05) is 5.56 Å². The molecule has 0 fully saturated rings. The second-order valence-electron chi connectivity index (χ2n) is 5.38. The molecule has 0 saturated carbocycles. The van der Waals surface area contributed by atoms with E-state index in [1.807, 2.05) is 54.6 Å². The quantitative estimate of drug-likeness (QED) is 0.680. The molecule has 0 bridgehead atoms. The van der Waals surface area contributed by atoms with E-state index in [2.05, 4.69) is 6.58 Å². The first-order valence-electron chi connectivity index (χ1n) is 7.68. The number of allylic oxidation sites excluding steroid dienone is 1. The molecule has 0 radical (unpaired) electrons. The van der Waals surface area contributed by atoms with Crippen LogP contribution in [0.25, 0.3) is 0 Å². The maximum atomic E-state index is 11.5. The molecule has 0 N–H and O–H groups in total. The average molecular weight is 310 g/mol. The second-order valence-corrected chi connectivity index (χ2v) is 5.38. The summed E-state index contributed by atoms with van der Waals surface area (Å²) in [5, 5.41) is 0. The van der Waals surface area contributed by atoms with Crippen molar-refractivity contribution in [2.24, 2.45) is 0 Å². The summed E-state index contributed by atoms with van der Waals surface area (Å²) in [5.74, 6) is 1.24. The molecule has 23 heavy (non-hydrogen) atoms. The molecular formula is C20H22O3. The molecule has 2 aromatic carbocycles. The molecule has 0 saturated heterocycles. The highest BCUT2D eigenvalue weighted by Crippen LogP contribution is 2.33. The van der Waals surface area contributed by atoms with Crippen LogP contribution >= 0.6 is 0 Å². The second kappa shape index (κ2) is 8.18. The first-order chi connectivity index (χ1) is 11.1. The Labute approximate surface area is 137 Å². The molecule has 0 unspecified atom stereocenters. The summed E-state index contributed by atoms with van der Waals surface area (Å²) in [4.78, 5) is 11.5. The first-order valence-corrected chi connectivity index (χ1v) is 7.68. The Kier molecular flexibility index (Phi) is 5.98. The summed E-state index contributed by atoms with van der Waals surface area (Å²) in [5.41, 5.74) is 2.03. The number of para-hydroxylation sites is 1. The fourth-order valence-electron chi connectivity index (χ4n) is 2.12. The van der Waals surface area contributed by atoms with E-state index in [0.717, 1.165) is 11.1 Å². The van der Waals surface area contributed by atoms with Crippen LogP contribution in [0.15, 0.2) is 61.2 Å². The van der Waals surface area contributed by atoms with E-state index < -0.39 is 6.10 Å². The highest BCUT2D eigenvalue weighted by molar-refractivity contribution is 5.80. The van der Waals surface area contributed by atoms with E-state index in [4.69, 9.17) is 9.47 Å². The number of hydrogen-bond acceptors (Lipinski definition) is 3. The fraction of sp³-hybridized carbons (Fsp3) is 0.250. The number of carbonyl (C=O) groups is 1. The van der Waals surface area contributed by atoms with Gasteiger partial charge < -0.3 is 9.47 Å². The maximum absolute atomic E-state index is 11.5. The van der Waals surface area contributed by atoms with Crippen LogP contribution < -0.4 is 9.47 Å². The van der Waals surface area contributed by atoms with Gasteiger partial charge in [0.1, 0.15) is 6.61 Å². The molecule has 2 aromatic rings. The SMILES string of the molecule is C=CCc1cccc(OCc2ccccc2)c1O[C@H](C)C(C)=O. The van der Waals surface area contributed by atoms with Crippen molar-refractivity contribution in [3.63, 3.8) is 0 Å². The smallest absolute Gasteiger partial charge is 0.169 e. The molecule has 0 aromatic heterocycles. The highest BCUT2D eigenvalue weighted by atomic mass is 16.5. The lowest BCUT2D eigenvalue weighted by molar-refractivity contribution is -0.122. The van der Waals surface area contributed by atoms with Crippen molar-refractivity contribution < 1.29 is 14.3 Å². The minimum Gasteiger partial charge on any atom is -0.485 e. The zero-order valence-electron chi connectivity index (χ0n) is 13.6. The number of ether oxygens (including phenoxy) is 2. The van der Waals surface area contributed by atoms with Gasteiger partial charge in [0.25, 0.3) is 0 Å². The van der Waals surface area contributed by atoms with Crippen molar-refractivity contribution in [1.29, 1.82) is 0 Å². The van der Waals surface area contributed by atoms with Crippen molar-refractivity contribution in [1.82, 2.24) is 0 Å². The van der Waals surface area contributed by atoms with Gasteiger partial charge in [-0.15, -0.1) is 6.58 Å². The lowest BCUT2D eigenvalue weighted by atomic mass is 10.1. The lowest BCUT2D eigenvalue weighted by Gasteiger charge is -2.19. The summed E-state index contributed by atoms with van der Waals surface area (Å²) in [6.45, 7) is 7.48. The van der Waals surface area contributed by atoms with Gasteiger partial charge in [-0.05, 0) is 31.9 Å². The molecule has 3 heteroatoms. The standard InChI is InChI=1S/C20H22O3/c1-4-9-18-12-8-13-19(20(18)23-16(3)15(2)21)22-14-17-10-6-5-7-11-17/h4-8,10-13,16H,1,9,14H2,2-3H3/t16-/m1/s1. The molecule has 0 amide bonds. The molecule has 0 spiro atoms. The largest absolute Gasteiger partial charge is 0.485 e. The summed E-state index contributed by atoms with van der Waals surface area (Å²) in [7, 11) is 0. The molecule has 3 nitrogen and oxygen atoms in total. The molecule has 0 aliphatic rings.